The molecule has 0 saturated heterocycles. The third-order valence-electron chi connectivity index (χ3n) is 2.17. The van der Waals surface area contributed by atoms with Gasteiger partial charge in [0, 0.05) is 17.6 Å². The van der Waals surface area contributed by atoms with Crippen molar-refractivity contribution in [3.63, 3.8) is 0 Å². The van der Waals surface area contributed by atoms with Crippen molar-refractivity contribution in [3.05, 3.63) is 42.1 Å². The zero-order valence-electron chi connectivity index (χ0n) is 8.87. The lowest BCUT2D eigenvalue weighted by Crippen LogP contribution is -1.91. The van der Waals surface area contributed by atoms with Crippen molar-refractivity contribution in [2.24, 2.45) is 0 Å². The number of rotatable bonds is 4. The lowest BCUT2D eigenvalue weighted by molar-refractivity contribution is 0.374. The number of H-pyrrole nitrogens is 1. The molecule has 0 fully saturated rings. The normalized spacial score (nSPS) is 10.1. The molecule has 1 N–H and O–H groups in total. The molecular formula is C12H12BrNO2. The SMILES string of the molecule is COc1cc(CBr)ccc1Oc1ccc[nH]1. The van der Waals surface area contributed by atoms with Crippen LogP contribution in [0.3, 0.4) is 0 Å². The van der Waals surface area contributed by atoms with Crippen LogP contribution in [0.4, 0.5) is 0 Å². The highest BCUT2D eigenvalue weighted by atomic mass is 79.9. The van der Waals surface area contributed by atoms with Gasteiger partial charge in [0.05, 0.1) is 7.11 Å². The van der Waals surface area contributed by atoms with Crippen LogP contribution in [0.2, 0.25) is 0 Å². The van der Waals surface area contributed by atoms with E-state index in [1.54, 1.807) is 7.11 Å². The van der Waals surface area contributed by atoms with Crippen molar-refractivity contribution in [1.82, 2.24) is 4.98 Å². The Labute approximate surface area is 103 Å². The Hall–Kier alpha value is -1.42. The molecule has 0 aliphatic rings. The Kier molecular flexibility index (Phi) is 3.51. The van der Waals surface area contributed by atoms with Gasteiger partial charge in [-0.2, -0.15) is 0 Å². The Morgan fingerprint density at radius 1 is 1.25 bits per heavy atom. The zero-order chi connectivity index (χ0) is 11.4. The maximum Gasteiger partial charge on any atom is 0.197 e. The zero-order valence-corrected chi connectivity index (χ0v) is 10.5. The number of methoxy groups -OCH3 is 1. The Bertz CT molecular complexity index is 454. The van der Waals surface area contributed by atoms with Gasteiger partial charge < -0.3 is 14.5 Å². The second-order valence-corrected chi connectivity index (χ2v) is 3.82. The maximum atomic E-state index is 5.64. The van der Waals surface area contributed by atoms with Crippen LogP contribution < -0.4 is 9.47 Å². The minimum absolute atomic E-state index is 0.699. The van der Waals surface area contributed by atoms with Gasteiger partial charge in [-0.15, -0.1) is 0 Å². The second-order valence-electron chi connectivity index (χ2n) is 3.26. The molecule has 84 valence electrons. The topological polar surface area (TPSA) is 34.2 Å². The molecule has 0 bridgehead atoms. The summed E-state index contributed by atoms with van der Waals surface area (Å²) in [5.74, 6) is 2.13. The molecule has 0 aliphatic carbocycles. The van der Waals surface area contributed by atoms with Gasteiger partial charge in [0.1, 0.15) is 0 Å². The van der Waals surface area contributed by atoms with Gasteiger partial charge in [-0.1, -0.05) is 22.0 Å². The van der Waals surface area contributed by atoms with Crippen LogP contribution in [0.25, 0.3) is 0 Å². The Morgan fingerprint density at radius 2 is 2.12 bits per heavy atom. The number of hydrogen-bond donors (Lipinski definition) is 1. The van der Waals surface area contributed by atoms with Crippen molar-refractivity contribution < 1.29 is 9.47 Å². The highest BCUT2D eigenvalue weighted by Crippen LogP contribution is 2.32. The molecule has 2 rings (SSSR count). The summed E-state index contributed by atoms with van der Waals surface area (Å²) in [6.45, 7) is 0. The van der Waals surface area contributed by atoms with Crippen LogP contribution in [0.15, 0.2) is 36.5 Å². The summed E-state index contributed by atoms with van der Waals surface area (Å²) in [7, 11) is 1.63. The van der Waals surface area contributed by atoms with Crippen molar-refractivity contribution >= 4 is 15.9 Å². The molecule has 1 heterocycles. The minimum Gasteiger partial charge on any atom is -0.493 e. The first-order valence-electron chi connectivity index (χ1n) is 4.87. The highest BCUT2D eigenvalue weighted by Gasteiger charge is 2.06. The average Bonchev–Trinajstić information content (AvgIpc) is 2.82. The maximum absolute atomic E-state index is 5.64. The van der Waals surface area contributed by atoms with E-state index in [2.05, 4.69) is 20.9 Å². The molecular weight excluding hydrogens is 270 g/mol. The molecule has 0 saturated carbocycles. The molecule has 0 aliphatic heterocycles. The first kappa shape index (κ1) is 11.1. The number of benzene rings is 1. The van der Waals surface area contributed by atoms with Crippen molar-refractivity contribution in [1.29, 1.82) is 0 Å². The summed E-state index contributed by atoms with van der Waals surface area (Å²) in [5, 5.41) is 0.798. The van der Waals surface area contributed by atoms with Crippen molar-refractivity contribution in [2.75, 3.05) is 7.11 Å². The van der Waals surface area contributed by atoms with Crippen LogP contribution >= 0.6 is 15.9 Å². The molecule has 0 radical (unpaired) electrons. The minimum atomic E-state index is 0.699. The van der Waals surface area contributed by atoms with E-state index in [1.165, 1.54) is 0 Å². The van der Waals surface area contributed by atoms with Gasteiger partial charge in [-0.05, 0) is 23.8 Å². The van der Waals surface area contributed by atoms with Crippen LogP contribution in [0, 0.1) is 0 Å². The van der Waals surface area contributed by atoms with Crippen LogP contribution in [-0.2, 0) is 5.33 Å². The van der Waals surface area contributed by atoms with E-state index in [9.17, 15) is 0 Å². The number of hydrogen-bond acceptors (Lipinski definition) is 2. The van der Waals surface area contributed by atoms with E-state index < -0.39 is 0 Å². The first-order valence-corrected chi connectivity index (χ1v) is 5.99. The quantitative estimate of drug-likeness (QED) is 0.867. The lowest BCUT2D eigenvalue weighted by atomic mass is 10.2. The summed E-state index contributed by atoms with van der Waals surface area (Å²) >= 11 is 3.40. The van der Waals surface area contributed by atoms with Crippen molar-refractivity contribution in [3.8, 4) is 17.4 Å². The number of halogens is 1. The molecule has 4 heteroatoms. The first-order chi connectivity index (χ1) is 7.83. The Morgan fingerprint density at radius 3 is 2.75 bits per heavy atom. The fraction of sp³-hybridized carbons (Fsp3) is 0.167. The predicted molar refractivity (Wildman–Crippen MR) is 66.5 cm³/mol. The van der Waals surface area contributed by atoms with E-state index in [1.807, 2.05) is 36.5 Å². The average molecular weight is 282 g/mol. The van der Waals surface area contributed by atoms with Gasteiger partial charge in [-0.25, -0.2) is 0 Å². The van der Waals surface area contributed by atoms with Crippen LogP contribution in [0.5, 0.6) is 17.4 Å². The van der Waals surface area contributed by atoms with E-state index in [4.69, 9.17) is 9.47 Å². The summed E-state index contributed by atoms with van der Waals surface area (Å²) in [6, 6.07) is 9.59. The summed E-state index contributed by atoms with van der Waals surface area (Å²) in [6.07, 6.45) is 1.81. The van der Waals surface area contributed by atoms with Crippen molar-refractivity contribution in [2.45, 2.75) is 5.33 Å². The van der Waals surface area contributed by atoms with Gasteiger partial charge in [0.25, 0.3) is 0 Å². The molecule has 0 spiro atoms. The molecule has 0 atom stereocenters. The molecule has 1 aromatic carbocycles. The standard InChI is InChI=1S/C12H12BrNO2/c1-15-11-7-9(8-13)4-5-10(11)16-12-3-2-6-14-12/h2-7,14H,8H2,1H3. The fourth-order valence-electron chi connectivity index (χ4n) is 1.38. The largest absolute Gasteiger partial charge is 0.493 e. The summed E-state index contributed by atoms with van der Waals surface area (Å²) < 4.78 is 10.9. The second kappa shape index (κ2) is 5.07. The van der Waals surface area contributed by atoms with E-state index >= 15 is 0 Å². The molecule has 16 heavy (non-hydrogen) atoms. The van der Waals surface area contributed by atoms with Crippen LogP contribution in [0.1, 0.15) is 5.56 Å². The summed E-state index contributed by atoms with van der Waals surface area (Å²) in [5.41, 5.74) is 1.15. The number of alkyl halides is 1. The number of nitrogens with one attached hydrogen (secondary N) is 1. The molecule has 3 nitrogen and oxygen atoms in total. The summed E-state index contributed by atoms with van der Waals surface area (Å²) in [4.78, 5) is 2.98. The number of ether oxygens (including phenoxy) is 2. The van der Waals surface area contributed by atoms with E-state index in [0.717, 1.165) is 16.6 Å². The number of aromatic amines is 1. The fourth-order valence-corrected chi connectivity index (χ4v) is 1.72. The van der Waals surface area contributed by atoms with E-state index in [-0.39, 0.29) is 0 Å². The third kappa shape index (κ3) is 2.39. The Balaban J connectivity index is 2.26. The third-order valence-corrected chi connectivity index (χ3v) is 2.82. The van der Waals surface area contributed by atoms with Gasteiger partial charge in [0.15, 0.2) is 17.4 Å². The van der Waals surface area contributed by atoms with Gasteiger partial charge in [0.2, 0.25) is 0 Å². The molecule has 1 aromatic heterocycles. The molecule has 0 amide bonds. The van der Waals surface area contributed by atoms with Gasteiger partial charge in [-0.3, -0.25) is 0 Å². The lowest BCUT2D eigenvalue weighted by Gasteiger charge is -2.09. The molecule has 0 unspecified atom stereocenters. The van der Waals surface area contributed by atoms with Gasteiger partial charge >= 0.3 is 0 Å². The number of aromatic nitrogens is 1. The van der Waals surface area contributed by atoms with Crippen LogP contribution in [-0.4, -0.2) is 12.1 Å². The molecule has 2 aromatic rings. The van der Waals surface area contributed by atoms with E-state index in [0.29, 0.717) is 11.6 Å². The highest BCUT2D eigenvalue weighted by molar-refractivity contribution is 9.08. The predicted octanol–water partition coefficient (Wildman–Crippen LogP) is 3.71. The smallest absolute Gasteiger partial charge is 0.197 e. The monoisotopic (exact) mass is 281 g/mol.